The highest BCUT2D eigenvalue weighted by molar-refractivity contribution is 5.20. The van der Waals surface area contributed by atoms with Gasteiger partial charge < -0.3 is 4.74 Å². The lowest BCUT2D eigenvalue weighted by Crippen LogP contribution is -2.40. The molecule has 1 aliphatic rings. The summed E-state index contributed by atoms with van der Waals surface area (Å²) in [5.41, 5.74) is 0.759. The third-order valence-corrected chi connectivity index (χ3v) is 2.58. The predicted octanol–water partition coefficient (Wildman–Crippen LogP) is 2.62. The van der Waals surface area contributed by atoms with Gasteiger partial charge in [-0.1, -0.05) is 30.3 Å². The Morgan fingerprint density at radius 3 is 2.31 bits per heavy atom. The van der Waals surface area contributed by atoms with Crippen molar-refractivity contribution in [3.8, 4) is 0 Å². The molecule has 1 N–H and O–H groups in total. The molecule has 0 aliphatic carbocycles. The molecule has 1 fully saturated rings. The third kappa shape index (κ3) is 2.20. The third-order valence-electron chi connectivity index (χ3n) is 2.58. The topological polar surface area (TPSA) is 21.3 Å². The van der Waals surface area contributed by atoms with Crippen LogP contribution in [0.4, 0.5) is 13.2 Å². The van der Waals surface area contributed by atoms with E-state index >= 15 is 0 Å². The first kappa shape index (κ1) is 11.4. The molecule has 5 heteroatoms. The van der Waals surface area contributed by atoms with Gasteiger partial charge in [-0.3, -0.25) is 5.32 Å². The van der Waals surface area contributed by atoms with E-state index in [2.05, 4.69) is 5.32 Å². The van der Waals surface area contributed by atoms with E-state index in [1.165, 1.54) is 0 Å². The summed E-state index contributed by atoms with van der Waals surface area (Å²) in [6.45, 7) is 1.68. The number of hydrogen-bond donors (Lipinski definition) is 1. The van der Waals surface area contributed by atoms with Crippen molar-refractivity contribution in [1.29, 1.82) is 0 Å². The van der Waals surface area contributed by atoms with Crippen molar-refractivity contribution in [3.63, 3.8) is 0 Å². The Morgan fingerprint density at radius 1 is 1.19 bits per heavy atom. The fourth-order valence-corrected chi connectivity index (χ4v) is 1.81. The zero-order chi connectivity index (χ0) is 11.8. The van der Waals surface area contributed by atoms with Crippen LogP contribution in [0.25, 0.3) is 0 Å². The Hall–Kier alpha value is -1.07. The lowest BCUT2D eigenvalue weighted by Gasteiger charge is -2.15. The highest BCUT2D eigenvalue weighted by atomic mass is 19.4. The van der Waals surface area contributed by atoms with E-state index in [0.29, 0.717) is 0 Å². The van der Waals surface area contributed by atoms with Crippen LogP contribution < -0.4 is 5.32 Å². The maximum absolute atomic E-state index is 12.4. The molecule has 88 valence electrons. The van der Waals surface area contributed by atoms with E-state index in [1.807, 2.05) is 6.07 Å². The van der Waals surface area contributed by atoms with Crippen molar-refractivity contribution >= 4 is 0 Å². The van der Waals surface area contributed by atoms with Gasteiger partial charge in [0.25, 0.3) is 0 Å². The molecule has 2 rings (SSSR count). The zero-order valence-corrected chi connectivity index (χ0v) is 8.66. The molecule has 0 bridgehead atoms. The Labute approximate surface area is 91.4 Å². The first-order chi connectivity index (χ1) is 7.48. The van der Waals surface area contributed by atoms with E-state index in [4.69, 9.17) is 4.74 Å². The van der Waals surface area contributed by atoms with E-state index in [-0.39, 0.29) is 6.04 Å². The number of benzene rings is 1. The fourth-order valence-electron chi connectivity index (χ4n) is 1.81. The minimum atomic E-state index is -4.36. The van der Waals surface area contributed by atoms with Gasteiger partial charge in [-0.15, -0.1) is 0 Å². The van der Waals surface area contributed by atoms with Gasteiger partial charge in [-0.05, 0) is 12.5 Å². The molecule has 0 amide bonds. The summed E-state index contributed by atoms with van der Waals surface area (Å²) in [7, 11) is 0. The minimum Gasteiger partial charge on any atom is -0.344 e. The summed E-state index contributed by atoms with van der Waals surface area (Å²) < 4.78 is 42.3. The zero-order valence-electron chi connectivity index (χ0n) is 8.66. The summed E-state index contributed by atoms with van der Waals surface area (Å²) in [5.74, 6) is 0. The van der Waals surface area contributed by atoms with Gasteiger partial charge in [0.2, 0.25) is 6.23 Å². The number of halogens is 3. The summed E-state index contributed by atoms with van der Waals surface area (Å²) in [6.07, 6.45) is -6.78. The lowest BCUT2D eigenvalue weighted by molar-refractivity contribution is -0.221. The average Bonchev–Trinajstić information content (AvgIpc) is 2.61. The first-order valence-corrected chi connectivity index (χ1v) is 5.01. The largest absolute Gasteiger partial charge is 0.428 e. The standard InChI is InChI=1S/C11H12F3NO/c1-7-9(8-5-3-2-4-6-8)16-10(15-7)11(12,13)14/h2-7,9-10,15H,1H3/t7-,9-,10?/m0/s1. The molecule has 1 unspecified atom stereocenters. The van der Waals surface area contributed by atoms with Crippen molar-refractivity contribution in [3.05, 3.63) is 35.9 Å². The van der Waals surface area contributed by atoms with Crippen molar-refractivity contribution in [2.75, 3.05) is 0 Å². The number of hydrogen-bond acceptors (Lipinski definition) is 2. The molecule has 1 aromatic carbocycles. The van der Waals surface area contributed by atoms with E-state index in [0.717, 1.165) is 5.56 Å². The van der Waals surface area contributed by atoms with E-state index in [1.54, 1.807) is 31.2 Å². The van der Waals surface area contributed by atoms with Gasteiger partial charge >= 0.3 is 6.18 Å². The van der Waals surface area contributed by atoms with Crippen molar-refractivity contribution in [2.45, 2.75) is 31.5 Å². The van der Waals surface area contributed by atoms with Crippen LogP contribution in [0.3, 0.4) is 0 Å². The first-order valence-electron chi connectivity index (χ1n) is 5.01. The molecule has 16 heavy (non-hydrogen) atoms. The second kappa shape index (κ2) is 4.07. The van der Waals surface area contributed by atoms with E-state index in [9.17, 15) is 13.2 Å². The molecule has 1 aromatic rings. The van der Waals surface area contributed by atoms with Crippen LogP contribution in [0.5, 0.6) is 0 Å². The summed E-state index contributed by atoms with van der Waals surface area (Å²) in [4.78, 5) is 0. The molecule has 1 saturated heterocycles. The normalized spacial score (nSPS) is 30.6. The lowest BCUT2D eigenvalue weighted by atomic mass is 10.0. The fraction of sp³-hybridized carbons (Fsp3) is 0.455. The van der Waals surface area contributed by atoms with Crippen LogP contribution in [0, 0.1) is 0 Å². The number of ether oxygens (including phenoxy) is 1. The van der Waals surface area contributed by atoms with Gasteiger partial charge in [0, 0.05) is 6.04 Å². The molecule has 1 heterocycles. The molecule has 2 nitrogen and oxygen atoms in total. The highest BCUT2D eigenvalue weighted by Crippen LogP contribution is 2.34. The van der Waals surface area contributed by atoms with Crippen molar-refractivity contribution < 1.29 is 17.9 Å². The summed E-state index contributed by atoms with van der Waals surface area (Å²) in [5, 5.41) is 2.40. The van der Waals surface area contributed by atoms with Crippen LogP contribution in [0.2, 0.25) is 0 Å². The van der Waals surface area contributed by atoms with Gasteiger partial charge in [0.1, 0.15) is 6.10 Å². The molecule has 0 radical (unpaired) electrons. The second-order valence-corrected chi connectivity index (χ2v) is 3.84. The van der Waals surface area contributed by atoms with Crippen LogP contribution in [-0.4, -0.2) is 18.4 Å². The van der Waals surface area contributed by atoms with Crippen LogP contribution in [-0.2, 0) is 4.74 Å². The molecule has 3 atom stereocenters. The van der Waals surface area contributed by atoms with Crippen LogP contribution >= 0.6 is 0 Å². The van der Waals surface area contributed by atoms with Gasteiger partial charge in [0.15, 0.2) is 0 Å². The van der Waals surface area contributed by atoms with Gasteiger partial charge in [-0.25, -0.2) is 0 Å². The Kier molecular flexibility index (Phi) is 2.90. The molecule has 0 saturated carbocycles. The average molecular weight is 231 g/mol. The Bertz CT molecular complexity index is 352. The molecular weight excluding hydrogens is 219 g/mol. The van der Waals surface area contributed by atoms with Crippen LogP contribution in [0.1, 0.15) is 18.6 Å². The smallest absolute Gasteiger partial charge is 0.344 e. The molecule has 0 aromatic heterocycles. The highest BCUT2D eigenvalue weighted by Gasteiger charge is 2.48. The summed E-state index contributed by atoms with van der Waals surface area (Å²) in [6, 6.07) is 8.56. The van der Waals surface area contributed by atoms with Crippen LogP contribution in [0.15, 0.2) is 30.3 Å². The van der Waals surface area contributed by atoms with Gasteiger partial charge in [-0.2, -0.15) is 13.2 Å². The number of alkyl halides is 3. The molecular formula is C11H12F3NO. The maximum Gasteiger partial charge on any atom is 0.428 e. The monoisotopic (exact) mass is 231 g/mol. The van der Waals surface area contributed by atoms with E-state index < -0.39 is 18.5 Å². The number of rotatable bonds is 1. The van der Waals surface area contributed by atoms with Crippen molar-refractivity contribution in [2.24, 2.45) is 0 Å². The minimum absolute atomic E-state index is 0.353. The second-order valence-electron chi connectivity index (χ2n) is 3.84. The Balaban J connectivity index is 2.15. The molecule has 0 spiro atoms. The summed E-state index contributed by atoms with van der Waals surface area (Å²) >= 11 is 0. The molecule has 1 aliphatic heterocycles. The predicted molar refractivity (Wildman–Crippen MR) is 52.7 cm³/mol. The van der Waals surface area contributed by atoms with Gasteiger partial charge in [0.05, 0.1) is 0 Å². The Morgan fingerprint density at radius 2 is 1.81 bits per heavy atom. The maximum atomic E-state index is 12.4. The van der Waals surface area contributed by atoms with Crippen molar-refractivity contribution in [1.82, 2.24) is 5.32 Å². The quantitative estimate of drug-likeness (QED) is 0.802. The SMILES string of the molecule is C[C@@H]1NC(C(F)(F)F)O[C@@H]1c1ccccc1. The number of nitrogens with one attached hydrogen (secondary N) is 1.